The molecule has 1 aliphatic rings. The highest BCUT2D eigenvalue weighted by Crippen LogP contribution is 2.19. The summed E-state index contributed by atoms with van der Waals surface area (Å²) in [6, 6.07) is 1.31. The Kier molecular flexibility index (Phi) is 4.79. The van der Waals surface area contributed by atoms with Gasteiger partial charge in [0.1, 0.15) is 9.34 Å². The molecular formula is C12H20ClN3S. The Bertz CT molecular complexity index is 345. The zero-order valence-corrected chi connectivity index (χ0v) is 12.0. The van der Waals surface area contributed by atoms with Crippen LogP contribution in [-0.4, -0.2) is 35.1 Å². The van der Waals surface area contributed by atoms with Crippen molar-refractivity contribution in [1.82, 2.24) is 15.2 Å². The molecular weight excluding hydrogens is 254 g/mol. The van der Waals surface area contributed by atoms with Gasteiger partial charge in [-0.2, -0.15) is 0 Å². The van der Waals surface area contributed by atoms with E-state index < -0.39 is 0 Å². The van der Waals surface area contributed by atoms with Crippen LogP contribution in [0.2, 0.25) is 4.34 Å². The van der Waals surface area contributed by atoms with Crippen LogP contribution in [0.4, 0.5) is 0 Å². The van der Waals surface area contributed by atoms with E-state index in [1.54, 1.807) is 17.5 Å². The van der Waals surface area contributed by atoms with E-state index >= 15 is 0 Å². The van der Waals surface area contributed by atoms with Gasteiger partial charge < -0.3 is 10.2 Å². The molecule has 2 heterocycles. The minimum Gasteiger partial charge on any atom is -0.308 e. The molecule has 3 nitrogen and oxygen atoms in total. The summed E-state index contributed by atoms with van der Waals surface area (Å²) >= 11 is 7.42. The smallest absolute Gasteiger partial charge is 0.113 e. The monoisotopic (exact) mass is 273 g/mol. The van der Waals surface area contributed by atoms with Gasteiger partial charge in [-0.05, 0) is 39.8 Å². The molecule has 1 saturated heterocycles. The number of nitrogens with zero attached hydrogens (tertiary/aromatic N) is 2. The molecule has 17 heavy (non-hydrogen) atoms. The van der Waals surface area contributed by atoms with Crippen molar-refractivity contribution in [2.24, 2.45) is 0 Å². The number of hydrogen-bond acceptors (Lipinski definition) is 4. The van der Waals surface area contributed by atoms with E-state index in [0.717, 1.165) is 15.9 Å². The number of aromatic nitrogens is 1. The highest BCUT2D eigenvalue weighted by molar-refractivity contribution is 7.15. The summed E-state index contributed by atoms with van der Waals surface area (Å²) in [6.45, 7) is 7.79. The van der Waals surface area contributed by atoms with Crippen LogP contribution >= 0.6 is 22.9 Å². The summed E-state index contributed by atoms with van der Waals surface area (Å²) in [7, 11) is 0. The fraction of sp³-hybridized carbons (Fsp3) is 0.750. The van der Waals surface area contributed by atoms with Gasteiger partial charge in [-0.15, -0.1) is 11.3 Å². The van der Waals surface area contributed by atoms with Gasteiger partial charge in [0, 0.05) is 18.6 Å². The van der Waals surface area contributed by atoms with Crippen LogP contribution in [-0.2, 0) is 6.54 Å². The predicted molar refractivity (Wildman–Crippen MR) is 73.7 cm³/mol. The zero-order valence-electron chi connectivity index (χ0n) is 10.4. The third-order valence-corrected chi connectivity index (χ3v) is 4.44. The van der Waals surface area contributed by atoms with E-state index in [-0.39, 0.29) is 0 Å². The lowest BCUT2D eigenvalue weighted by molar-refractivity contribution is 0.161. The molecule has 5 heteroatoms. The quantitative estimate of drug-likeness (QED) is 0.914. The van der Waals surface area contributed by atoms with Crippen LogP contribution in [0.3, 0.4) is 0 Å². The Hall–Kier alpha value is -0.160. The van der Waals surface area contributed by atoms with Crippen molar-refractivity contribution in [2.45, 2.75) is 45.3 Å². The summed E-state index contributed by atoms with van der Waals surface area (Å²) < 4.78 is 0.774. The molecule has 0 bridgehead atoms. The largest absolute Gasteiger partial charge is 0.308 e. The van der Waals surface area contributed by atoms with Gasteiger partial charge in [0.2, 0.25) is 0 Å². The van der Waals surface area contributed by atoms with E-state index in [1.807, 2.05) is 0 Å². The number of piperidine rings is 1. The number of likely N-dealkylation sites (tertiary alicyclic amines) is 1. The van der Waals surface area contributed by atoms with E-state index in [9.17, 15) is 0 Å². The molecule has 96 valence electrons. The predicted octanol–water partition coefficient (Wildman–Crippen LogP) is 2.76. The average molecular weight is 274 g/mol. The lowest BCUT2D eigenvalue weighted by Crippen LogP contribution is -2.44. The molecule has 0 aromatic carbocycles. The second-order valence-electron chi connectivity index (χ2n) is 4.84. The topological polar surface area (TPSA) is 28.2 Å². The summed E-state index contributed by atoms with van der Waals surface area (Å²) in [5, 5.41) is 4.66. The molecule has 0 saturated carbocycles. The van der Waals surface area contributed by atoms with Crippen molar-refractivity contribution in [3.63, 3.8) is 0 Å². The number of thiazole rings is 1. The van der Waals surface area contributed by atoms with Crippen molar-refractivity contribution >= 4 is 22.9 Å². The normalized spacial score (nSPS) is 19.1. The first-order chi connectivity index (χ1) is 8.15. The van der Waals surface area contributed by atoms with E-state index in [1.165, 1.54) is 25.9 Å². The van der Waals surface area contributed by atoms with Crippen molar-refractivity contribution < 1.29 is 0 Å². The summed E-state index contributed by atoms with van der Waals surface area (Å²) in [6.07, 6.45) is 4.19. The first kappa shape index (κ1) is 13.3. The van der Waals surface area contributed by atoms with Crippen LogP contribution in [0.1, 0.15) is 31.7 Å². The maximum absolute atomic E-state index is 5.86. The molecule has 0 aliphatic carbocycles. The molecule has 1 fully saturated rings. The molecule has 2 rings (SSSR count). The molecule has 0 amide bonds. The maximum atomic E-state index is 5.86. The minimum absolute atomic E-state index is 0.632. The van der Waals surface area contributed by atoms with Gasteiger partial charge in [-0.25, -0.2) is 4.98 Å². The third kappa shape index (κ3) is 3.91. The number of rotatable bonds is 4. The molecule has 1 aliphatic heterocycles. The first-order valence-electron chi connectivity index (χ1n) is 6.23. The van der Waals surface area contributed by atoms with Crippen molar-refractivity contribution in [2.75, 3.05) is 13.1 Å². The number of hydrogen-bond donors (Lipinski definition) is 1. The van der Waals surface area contributed by atoms with Crippen LogP contribution in [0, 0.1) is 0 Å². The Morgan fingerprint density at radius 1 is 1.53 bits per heavy atom. The number of nitrogens with one attached hydrogen (secondary N) is 1. The van der Waals surface area contributed by atoms with Gasteiger partial charge in [0.25, 0.3) is 0 Å². The van der Waals surface area contributed by atoms with Crippen LogP contribution in [0.25, 0.3) is 0 Å². The molecule has 0 spiro atoms. The van der Waals surface area contributed by atoms with Gasteiger partial charge >= 0.3 is 0 Å². The maximum Gasteiger partial charge on any atom is 0.113 e. The van der Waals surface area contributed by atoms with Gasteiger partial charge in [0.15, 0.2) is 0 Å². The van der Waals surface area contributed by atoms with Crippen molar-refractivity contribution in [3.05, 3.63) is 15.5 Å². The first-order valence-corrected chi connectivity index (χ1v) is 7.42. The second-order valence-corrected chi connectivity index (χ2v) is 6.59. The fourth-order valence-corrected chi connectivity index (χ4v) is 3.13. The fourth-order valence-electron chi connectivity index (χ4n) is 2.22. The Morgan fingerprint density at radius 2 is 2.24 bits per heavy atom. The minimum atomic E-state index is 0.632. The Morgan fingerprint density at radius 3 is 2.76 bits per heavy atom. The van der Waals surface area contributed by atoms with Crippen LogP contribution < -0.4 is 5.32 Å². The van der Waals surface area contributed by atoms with Crippen LogP contribution in [0.15, 0.2) is 6.20 Å². The highest BCUT2D eigenvalue weighted by Gasteiger charge is 2.20. The summed E-state index contributed by atoms with van der Waals surface area (Å²) in [5.41, 5.74) is 0. The van der Waals surface area contributed by atoms with E-state index in [0.29, 0.717) is 12.1 Å². The highest BCUT2D eigenvalue weighted by atomic mass is 35.5. The SMILES string of the molecule is CC(C)N1CCC(NCc2ncc(Cl)s2)CC1. The van der Waals surface area contributed by atoms with Gasteiger partial charge in [-0.1, -0.05) is 11.6 Å². The summed E-state index contributed by atoms with van der Waals surface area (Å²) in [5.74, 6) is 0. The third-order valence-electron chi connectivity index (χ3n) is 3.33. The average Bonchev–Trinajstić information content (AvgIpc) is 2.73. The van der Waals surface area contributed by atoms with E-state index in [2.05, 4.69) is 29.0 Å². The zero-order chi connectivity index (χ0) is 12.3. The summed E-state index contributed by atoms with van der Waals surface area (Å²) in [4.78, 5) is 6.80. The molecule has 0 unspecified atom stereocenters. The lowest BCUT2D eigenvalue weighted by Gasteiger charge is -2.34. The van der Waals surface area contributed by atoms with Gasteiger partial charge in [0.05, 0.1) is 6.20 Å². The van der Waals surface area contributed by atoms with E-state index in [4.69, 9.17) is 11.6 Å². The standard InChI is InChI=1S/C12H20ClN3S/c1-9(2)16-5-3-10(4-6-16)14-8-12-15-7-11(13)17-12/h7,9-10,14H,3-6,8H2,1-2H3. The molecule has 1 aromatic rings. The second kappa shape index (κ2) is 6.14. The molecule has 0 atom stereocenters. The number of halogens is 1. The van der Waals surface area contributed by atoms with Gasteiger partial charge in [-0.3, -0.25) is 0 Å². The molecule has 1 N–H and O–H groups in total. The molecule has 0 radical (unpaired) electrons. The van der Waals surface area contributed by atoms with Crippen molar-refractivity contribution in [1.29, 1.82) is 0 Å². The lowest BCUT2D eigenvalue weighted by atomic mass is 10.0. The Labute approximate surface area is 112 Å². The van der Waals surface area contributed by atoms with Crippen LogP contribution in [0.5, 0.6) is 0 Å². The van der Waals surface area contributed by atoms with Crippen molar-refractivity contribution in [3.8, 4) is 0 Å². The Balaban J connectivity index is 1.71. The molecule has 1 aromatic heterocycles.